The number of carboxylic acid groups (broad SMARTS) is 2. The Morgan fingerprint density at radius 1 is 1.31 bits per heavy atom. The van der Waals surface area contributed by atoms with Gasteiger partial charge in [-0.25, -0.2) is 0 Å². The normalized spacial score (nSPS) is 16.6. The van der Waals surface area contributed by atoms with E-state index in [0.717, 1.165) is 6.21 Å². The number of allylic oxidation sites excluding steroid dienone is 2. The van der Waals surface area contributed by atoms with Crippen molar-refractivity contribution in [2.75, 3.05) is 0 Å². The van der Waals surface area contributed by atoms with Crippen molar-refractivity contribution in [3.63, 3.8) is 0 Å². The lowest BCUT2D eigenvalue weighted by molar-refractivity contribution is -0.150. The molecule has 1 aliphatic carbocycles. The molecular formula is C10H11NO5. The molecule has 0 spiro atoms. The molecule has 0 atom stereocenters. The Labute approximate surface area is 91.3 Å². The van der Waals surface area contributed by atoms with Gasteiger partial charge in [0.2, 0.25) is 0 Å². The molecule has 0 amide bonds. The van der Waals surface area contributed by atoms with E-state index in [0.29, 0.717) is 25.0 Å². The molecule has 1 aliphatic rings. The van der Waals surface area contributed by atoms with E-state index in [2.05, 4.69) is 4.99 Å². The molecule has 0 fully saturated rings. The van der Waals surface area contributed by atoms with Gasteiger partial charge in [-0.3, -0.25) is 19.4 Å². The summed E-state index contributed by atoms with van der Waals surface area (Å²) in [5.41, 5.74) is 0.434. The van der Waals surface area contributed by atoms with E-state index >= 15 is 0 Å². The van der Waals surface area contributed by atoms with Crippen molar-refractivity contribution in [2.24, 2.45) is 10.9 Å². The zero-order valence-corrected chi connectivity index (χ0v) is 8.42. The first-order chi connectivity index (χ1) is 7.50. The third-order valence-electron chi connectivity index (χ3n) is 2.11. The van der Waals surface area contributed by atoms with E-state index in [-0.39, 0.29) is 5.78 Å². The molecule has 0 unspecified atom stereocenters. The number of carboxylic acids is 2. The molecule has 6 heteroatoms. The van der Waals surface area contributed by atoms with Crippen LogP contribution in [0.15, 0.2) is 16.8 Å². The second-order valence-electron chi connectivity index (χ2n) is 3.39. The maximum atomic E-state index is 11.0. The third-order valence-corrected chi connectivity index (χ3v) is 2.11. The van der Waals surface area contributed by atoms with Crippen LogP contribution in [0.4, 0.5) is 0 Å². The van der Waals surface area contributed by atoms with Crippen molar-refractivity contribution in [1.82, 2.24) is 0 Å². The van der Waals surface area contributed by atoms with Crippen LogP contribution in [0, 0.1) is 5.92 Å². The zero-order chi connectivity index (χ0) is 12.1. The average molecular weight is 225 g/mol. The molecule has 0 radical (unpaired) electrons. The van der Waals surface area contributed by atoms with Crippen molar-refractivity contribution < 1.29 is 24.6 Å². The molecule has 0 heterocycles. The van der Waals surface area contributed by atoms with Gasteiger partial charge in [0.15, 0.2) is 11.7 Å². The Balaban J connectivity index is 2.74. The number of rotatable bonds is 4. The summed E-state index contributed by atoms with van der Waals surface area (Å²) in [6.45, 7) is 0. The molecule has 0 aromatic heterocycles. The molecular weight excluding hydrogens is 214 g/mol. The Morgan fingerprint density at radius 3 is 2.44 bits per heavy atom. The van der Waals surface area contributed by atoms with Crippen LogP contribution in [0.5, 0.6) is 0 Å². The molecule has 86 valence electrons. The van der Waals surface area contributed by atoms with Crippen LogP contribution in [-0.2, 0) is 14.4 Å². The van der Waals surface area contributed by atoms with Crippen LogP contribution in [0.25, 0.3) is 0 Å². The lowest BCUT2D eigenvalue weighted by Gasteiger charge is -2.07. The van der Waals surface area contributed by atoms with Crippen molar-refractivity contribution >= 4 is 23.9 Å². The van der Waals surface area contributed by atoms with Crippen LogP contribution in [-0.4, -0.2) is 34.1 Å². The fourth-order valence-corrected chi connectivity index (χ4v) is 1.28. The fraction of sp³-hybridized carbons (Fsp3) is 0.400. The number of aliphatic imine (C=N–C) groups is 1. The highest BCUT2D eigenvalue weighted by Gasteiger charge is 2.23. The number of carbonyl (C=O) groups is 3. The molecule has 0 aliphatic heterocycles. The van der Waals surface area contributed by atoms with E-state index in [1.54, 1.807) is 0 Å². The number of carbonyl (C=O) groups excluding carboxylic acids is 1. The minimum absolute atomic E-state index is 0.0689. The standard InChI is InChI=1S/C10H11NO5/c12-7-3-1-2-6(4-7)11-5-8(9(13)14)10(15)16/h4-5,8H,1-3H2,(H,13,14)(H,15,16). The van der Waals surface area contributed by atoms with E-state index in [4.69, 9.17) is 10.2 Å². The molecule has 0 aromatic rings. The molecule has 16 heavy (non-hydrogen) atoms. The number of aliphatic carboxylic acids is 2. The summed E-state index contributed by atoms with van der Waals surface area (Å²) in [7, 11) is 0. The van der Waals surface area contributed by atoms with Gasteiger partial charge < -0.3 is 10.2 Å². The van der Waals surface area contributed by atoms with Gasteiger partial charge in [-0.05, 0) is 12.8 Å². The summed E-state index contributed by atoms with van der Waals surface area (Å²) in [4.78, 5) is 35.8. The van der Waals surface area contributed by atoms with Crippen LogP contribution >= 0.6 is 0 Å². The Kier molecular flexibility index (Phi) is 3.93. The van der Waals surface area contributed by atoms with Gasteiger partial charge in [0.1, 0.15) is 0 Å². The summed E-state index contributed by atoms with van der Waals surface area (Å²) in [6.07, 6.45) is 3.84. The minimum atomic E-state index is -1.67. The monoisotopic (exact) mass is 225 g/mol. The van der Waals surface area contributed by atoms with Gasteiger partial charge in [-0.1, -0.05) is 0 Å². The summed E-state index contributed by atoms with van der Waals surface area (Å²) in [5, 5.41) is 17.1. The predicted octanol–water partition coefficient (Wildman–Crippen LogP) is 0.479. The topological polar surface area (TPSA) is 104 Å². The molecule has 6 nitrogen and oxygen atoms in total. The first-order valence-electron chi connectivity index (χ1n) is 4.74. The number of hydrogen-bond acceptors (Lipinski definition) is 4. The van der Waals surface area contributed by atoms with Gasteiger partial charge in [0, 0.05) is 24.4 Å². The van der Waals surface area contributed by atoms with Crippen LogP contribution in [0.2, 0.25) is 0 Å². The second kappa shape index (κ2) is 5.20. The summed E-state index contributed by atoms with van der Waals surface area (Å²) < 4.78 is 0. The van der Waals surface area contributed by atoms with Gasteiger partial charge in [0.25, 0.3) is 0 Å². The second-order valence-corrected chi connectivity index (χ2v) is 3.39. The maximum Gasteiger partial charge on any atom is 0.323 e. The summed E-state index contributed by atoms with van der Waals surface area (Å²) in [6, 6.07) is 0. The third kappa shape index (κ3) is 3.30. The molecule has 0 saturated heterocycles. The molecule has 0 aromatic carbocycles. The highest BCUT2D eigenvalue weighted by Crippen LogP contribution is 2.15. The van der Waals surface area contributed by atoms with Crippen molar-refractivity contribution in [2.45, 2.75) is 19.3 Å². The Bertz CT molecular complexity index is 369. The lowest BCUT2D eigenvalue weighted by Crippen LogP contribution is -2.24. The number of nitrogens with zero attached hydrogens (tertiary/aromatic N) is 1. The highest BCUT2D eigenvalue weighted by molar-refractivity contribution is 6.08. The fourth-order valence-electron chi connectivity index (χ4n) is 1.28. The summed E-state index contributed by atoms with van der Waals surface area (Å²) in [5.74, 6) is -4.68. The summed E-state index contributed by atoms with van der Waals surface area (Å²) >= 11 is 0. The van der Waals surface area contributed by atoms with E-state index in [1.807, 2.05) is 0 Å². The van der Waals surface area contributed by atoms with Gasteiger partial charge >= 0.3 is 11.9 Å². The Morgan fingerprint density at radius 2 is 1.94 bits per heavy atom. The number of hydrogen-bond donors (Lipinski definition) is 2. The number of ketones is 1. The molecule has 0 bridgehead atoms. The lowest BCUT2D eigenvalue weighted by atomic mass is 10.0. The molecule has 2 N–H and O–H groups in total. The minimum Gasteiger partial charge on any atom is -0.480 e. The first kappa shape index (κ1) is 12.1. The zero-order valence-electron chi connectivity index (χ0n) is 8.42. The van der Waals surface area contributed by atoms with Crippen LogP contribution in [0.1, 0.15) is 19.3 Å². The quantitative estimate of drug-likeness (QED) is 0.534. The van der Waals surface area contributed by atoms with Crippen molar-refractivity contribution in [1.29, 1.82) is 0 Å². The maximum absolute atomic E-state index is 11.0. The van der Waals surface area contributed by atoms with Crippen molar-refractivity contribution in [3.8, 4) is 0 Å². The predicted molar refractivity (Wildman–Crippen MR) is 54.2 cm³/mol. The van der Waals surface area contributed by atoms with Crippen LogP contribution in [0.3, 0.4) is 0 Å². The van der Waals surface area contributed by atoms with E-state index in [1.165, 1.54) is 6.08 Å². The van der Waals surface area contributed by atoms with Gasteiger partial charge in [-0.15, -0.1) is 0 Å². The van der Waals surface area contributed by atoms with E-state index < -0.39 is 17.9 Å². The van der Waals surface area contributed by atoms with E-state index in [9.17, 15) is 14.4 Å². The first-order valence-corrected chi connectivity index (χ1v) is 4.74. The smallest absolute Gasteiger partial charge is 0.323 e. The van der Waals surface area contributed by atoms with Crippen molar-refractivity contribution in [3.05, 3.63) is 11.8 Å². The SMILES string of the molecule is O=C1C=C(N=CC(C(=O)O)C(=O)O)CCC1. The molecule has 0 saturated carbocycles. The van der Waals surface area contributed by atoms with Crippen LogP contribution < -0.4 is 0 Å². The van der Waals surface area contributed by atoms with Gasteiger partial charge in [0.05, 0.1) is 0 Å². The Hall–Kier alpha value is -1.98. The average Bonchev–Trinajstić information content (AvgIpc) is 2.16. The van der Waals surface area contributed by atoms with Gasteiger partial charge in [-0.2, -0.15) is 0 Å². The largest absolute Gasteiger partial charge is 0.480 e. The highest BCUT2D eigenvalue weighted by atomic mass is 16.4. The molecule has 1 rings (SSSR count).